The number of rotatable bonds is 4. The van der Waals surface area contributed by atoms with E-state index in [0.29, 0.717) is 12.5 Å². The Balaban J connectivity index is 1.77. The molecule has 0 bridgehead atoms. The number of hydrogen-bond acceptors (Lipinski definition) is 3. The van der Waals surface area contributed by atoms with E-state index in [-0.39, 0.29) is 11.9 Å². The average Bonchev–Trinajstić information content (AvgIpc) is 2.40. The van der Waals surface area contributed by atoms with E-state index < -0.39 is 0 Å². The summed E-state index contributed by atoms with van der Waals surface area (Å²) >= 11 is 0. The number of piperidine rings is 1. The lowest BCUT2D eigenvalue weighted by Gasteiger charge is -2.32. The van der Waals surface area contributed by atoms with E-state index in [2.05, 4.69) is 5.32 Å². The zero-order valence-corrected chi connectivity index (χ0v) is 11.6. The number of ether oxygens (including phenoxy) is 1. The third-order valence-electron chi connectivity index (χ3n) is 4.45. The van der Waals surface area contributed by atoms with Gasteiger partial charge in [-0.25, -0.2) is 0 Å². The van der Waals surface area contributed by atoms with Crippen LogP contribution < -0.4 is 5.32 Å². The van der Waals surface area contributed by atoms with Crippen LogP contribution in [0.3, 0.4) is 0 Å². The van der Waals surface area contributed by atoms with E-state index in [9.17, 15) is 4.79 Å². The second-order valence-electron chi connectivity index (χ2n) is 5.95. The fraction of sp³-hybridized carbons (Fsp3) is 0.933. The van der Waals surface area contributed by atoms with Crippen LogP contribution in [0.2, 0.25) is 0 Å². The van der Waals surface area contributed by atoms with Crippen molar-refractivity contribution in [3.05, 3.63) is 0 Å². The molecule has 104 valence electrons. The number of esters is 1. The zero-order chi connectivity index (χ0) is 12.8. The van der Waals surface area contributed by atoms with Crippen molar-refractivity contribution in [3.63, 3.8) is 0 Å². The lowest BCUT2D eigenvalue weighted by atomic mass is 9.79. The van der Waals surface area contributed by atoms with Crippen molar-refractivity contribution < 1.29 is 9.53 Å². The molecule has 1 heterocycles. The normalized spacial score (nSPS) is 30.1. The maximum Gasteiger partial charge on any atom is 0.310 e. The molecule has 0 unspecified atom stereocenters. The second-order valence-corrected chi connectivity index (χ2v) is 5.95. The highest BCUT2D eigenvalue weighted by atomic mass is 16.5. The van der Waals surface area contributed by atoms with Crippen molar-refractivity contribution >= 4 is 5.97 Å². The SMILES string of the molecule is CCOC(=O)[C@@H]1CNC[C@@H](CC2CCCCC2)C1. The predicted octanol–water partition coefficient (Wildman–Crippen LogP) is 2.75. The number of hydrogen-bond donors (Lipinski definition) is 1. The fourth-order valence-corrected chi connectivity index (χ4v) is 3.54. The van der Waals surface area contributed by atoms with Crippen molar-refractivity contribution in [2.45, 2.75) is 51.9 Å². The van der Waals surface area contributed by atoms with Crippen LogP contribution in [0.15, 0.2) is 0 Å². The highest BCUT2D eigenvalue weighted by Gasteiger charge is 2.29. The van der Waals surface area contributed by atoms with Crippen molar-refractivity contribution in [2.24, 2.45) is 17.8 Å². The van der Waals surface area contributed by atoms with Gasteiger partial charge in [-0.1, -0.05) is 32.1 Å². The van der Waals surface area contributed by atoms with Gasteiger partial charge in [0.25, 0.3) is 0 Å². The van der Waals surface area contributed by atoms with E-state index in [1.807, 2.05) is 6.92 Å². The Labute approximate surface area is 111 Å². The summed E-state index contributed by atoms with van der Waals surface area (Å²) in [6, 6.07) is 0. The Kier molecular flexibility index (Phi) is 5.48. The van der Waals surface area contributed by atoms with E-state index in [1.54, 1.807) is 0 Å². The summed E-state index contributed by atoms with van der Waals surface area (Å²) in [4.78, 5) is 11.8. The molecule has 2 rings (SSSR count). The summed E-state index contributed by atoms with van der Waals surface area (Å²) in [5.74, 6) is 1.67. The predicted molar refractivity (Wildman–Crippen MR) is 72.3 cm³/mol. The number of carbonyl (C=O) groups is 1. The van der Waals surface area contributed by atoms with Crippen LogP contribution in [-0.4, -0.2) is 25.7 Å². The first kappa shape index (κ1) is 13.9. The van der Waals surface area contributed by atoms with Crippen molar-refractivity contribution in [2.75, 3.05) is 19.7 Å². The molecule has 2 aliphatic rings. The highest BCUT2D eigenvalue weighted by Crippen LogP contribution is 2.32. The van der Waals surface area contributed by atoms with Gasteiger partial charge in [-0.05, 0) is 38.1 Å². The Bertz CT molecular complexity index is 261. The van der Waals surface area contributed by atoms with Crippen LogP contribution in [-0.2, 0) is 9.53 Å². The first-order valence-corrected chi connectivity index (χ1v) is 7.67. The molecule has 1 aliphatic heterocycles. The standard InChI is InChI=1S/C15H27NO2/c1-2-18-15(17)14-9-13(10-16-11-14)8-12-6-4-3-5-7-12/h12-14,16H,2-11H2,1H3/t13-,14-/m0/s1. The molecular weight excluding hydrogens is 226 g/mol. The van der Waals surface area contributed by atoms with E-state index in [1.165, 1.54) is 38.5 Å². The van der Waals surface area contributed by atoms with Gasteiger partial charge in [0.2, 0.25) is 0 Å². The molecule has 0 aromatic carbocycles. The van der Waals surface area contributed by atoms with E-state index in [4.69, 9.17) is 4.74 Å². The van der Waals surface area contributed by atoms with Gasteiger partial charge in [-0.2, -0.15) is 0 Å². The van der Waals surface area contributed by atoms with E-state index >= 15 is 0 Å². The molecule has 0 amide bonds. The summed E-state index contributed by atoms with van der Waals surface area (Å²) in [5, 5.41) is 3.41. The minimum Gasteiger partial charge on any atom is -0.466 e. The van der Waals surface area contributed by atoms with Crippen LogP contribution in [0.25, 0.3) is 0 Å². The van der Waals surface area contributed by atoms with Gasteiger partial charge in [-0.3, -0.25) is 4.79 Å². The van der Waals surface area contributed by atoms with Crippen molar-refractivity contribution in [3.8, 4) is 0 Å². The molecule has 18 heavy (non-hydrogen) atoms. The first-order valence-electron chi connectivity index (χ1n) is 7.67. The van der Waals surface area contributed by atoms with Crippen molar-refractivity contribution in [1.82, 2.24) is 5.32 Å². The van der Waals surface area contributed by atoms with Gasteiger partial charge >= 0.3 is 5.97 Å². The minimum absolute atomic E-state index is 0.00153. The van der Waals surface area contributed by atoms with Crippen LogP contribution in [0.5, 0.6) is 0 Å². The van der Waals surface area contributed by atoms with Crippen LogP contribution in [0.1, 0.15) is 51.9 Å². The summed E-state index contributed by atoms with van der Waals surface area (Å²) in [5.41, 5.74) is 0. The Morgan fingerprint density at radius 1 is 1.17 bits per heavy atom. The van der Waals surface area contributed by atoms with Gasteiger partial charge in [0, 0.05) is 6.54 Å². The Hall–Kier alpha value is -0.570. The van der Waals surface area contributed by atoms with Crippen LogP contribution in [0.4, 0.5) is 0 Å². The van der Waals surface area contributed by atoms with Crippen molar-refractivity contribution in [1.29, 1.82) is 0 Å². The molecule has 1 N–H and O–H groups in total. The molecule has 2 atom stereocenters. The molecule has 1 saturated heterocycles. The van der Waals surface area contributed by atoms with Gasteiger partial charge < -0.3 is 10.1 Å². The fourth-order valence-electron chi connectivity index (χ4n) is 3.54. The van der Waals surface area contributed by atoms with Crippen LogP contribution >= 0.6 is 0 Å². The van der Waals surface area contributed by atoms with Gasteiger partial charge in [0.15, 0.2) is 0 Å². The molecule has 0 spiro atoms. The lowest BCUT2D eigenvalue weighted by molar-refractivity contribution is -0.149. The number of nitrogens with one attached hydrogen (secondary N) is 1. The molecule has 0 aromatic rings. The molecule has 3 nitrogen and oxygen atoms in total. The molecular formula is C15H27NO2. The van der Waals surface area contributed by atoms with E-state index in [0.717, 1.165) is 25.4 Å². The quantitative estimate of drug-likeness (QED) is 0.783. The number of carbonyl (C=O) groups excluding carboxylic acids is 1. The Morgan fingerprint density at radius 2 is 1.94 bits per heavy atom. The zero-order valence-electron chi connectivity index (χ0n) is 11.6. The smallest absolute Gasteiger partial charge is 0.310 e. The summed E-state index contributed by atoms with van der Waals surface area (Å²) in [6.07, 6.45) is 9.38. The van der Waals surface area contributed by atoms with Gasteiger partial charge in [0.05, 0.1) is 12.5 Å². The largest absolute Gasteiger partial charge is 0.466 e. The van der Waals surface area contributed by atoms with Gasteiger partial charge in [0.1, 0.15) is 0 Å². The highest BCUT2D eigenvalue weighted by molar-refractivity contribution is 5.72. The second kappa shape index (κ2) is 7.13. The monoisotopic (exact) mass is 253 g/mol. The maximum atomic E-state index is 11.8. The van der Waals surface area contributed by atoms with Crippen LogP contribution in [0, 0.1) is 17.8 Å². The topological polar surface area (TPSA) is 38.3 Å². The summed E-state index contributed by atoms with van der Waals surface area (Å²) < 4.78 is 5.14. The average molecular weight is 253 g/mol. The third kappa shape index (κ3) is 3.98. The Morgan fingerprint density at radius 3 is 2.67 bits per heavy atom. The molecule has 3 heteroatoms. The molecule has 2 fully saturated rings. The molecule has 1 saturated carbocycles. The van der Waals surface area contributed by atoms with Gasteiger partial charge in [-0.15, -0.1) is 0 Å². The summed E-state index contributed by atoms with van der Waals surface area (Å²) in [7, 11) is 0. The first-order chi connectivity index (χ1) is 8.79. The lowest BCUT2D eigenvalue weighted by Crippen LogP contribution is -2.41. The third-order valence-corrected chi connectivity index (χ3v) is 4.45. The summed E-state index contributed by atoms with van der Waals surface area (Å²) in [6.45, 7) is 4.28. The molecule has 0 aromatic heterocycles. The molecule has 1 aliphatic carbocycles. The molecule has 0 radical (unpaired) electrons. The maximum absolute atomic E-state index is 11.8. The minimum atomic E-state index is -0.00153.